The molecule has 1 aliphatic carbocycles. The lowest BCUT2D eigenvalue weighted by atomic mass is 10.1. The molecule has 1 unspecified atom stereocenters. The first-order chi connectivity index (χ1) is 10.5. The van der Waals surface area contributed by atoms with Crippen LogP contribution < -0.4 is 0 Å². The first-order valence-electron chi connectivity index (χ1n) is 7.77. The van der Waals surface area contributed by atoms with Crippen LogP contribution >= 0.6 is 11.6 Å². The van der Waals surface area contributed by atoms with Crippen LogP contribution in [0.4, 0.5) is 0 Å². The van der Waals surface area contributed by atoms with Crippen molar-refractivity contribution in [3.63, 3.8) is 0 Å². The number of halogens is 1. The van der Waals surface area contributed by atoms with E-state index in [4.69, 9.17) is 16.7 Å². The minimum atomic E-state index is -0.805. The number of unbranched alkanes of at least 4 members (excludes halogenated alkanes) is 1. The van der Waals surface area contributed by atoms with Crippen molar-refractivity contribution in [3.05, 3.63) is 34.9 Å². The van der Waals surface area contributed by atoms with Crippen LogP contribution in [-0.4, -0.2) is 27.9 Å². The number of amides is 1. The minimum Gasteiger partial charge on any atom is -0.481 e. The van der Waals surface area contributed by atoms with Crippen molar-refractivity contribution in [3.8, 4) is 0 Å². The van der Waals surface area contributed by atoms with Gasteiger partial charge in [0.25, 0.3) is 0 Å². The van der Waals surface area contributed by atoms with Gasteiger partial charge in [-0.25, -0.2) is 0 Å². The van der Waals surface area contributed by atoms with E-state index in [1.54, 1.807) is 0 Å². The number of nitrogens with zero attached hydrogens (tertiary/aromatic N) is 1. The molecule has 1 aliphatic rings. The smallest absolute Gasteiger partial charge is 0.303 e. The number of benzene rings is 1. The molecule has 1 amide bonds. The van der Waals surface area contributed by atoms with Gasteiger partial charge in [-0.1, -0.05) is 23.7 Å². The van der Waals surface area contributed by atoms with Gasteiger partial charge in [0.1, 0.15) is 0 Å². The van der Waals surface area contributed by atoms with Crippen LogP contribution in [0.2, 0.25) is 5.02 Å². The fraction of sp³-hybridized carbons (Fsp3) is 0.529. The molecule has 0 saturated heterocycles. The lowest BCUT2D eigenvalue weighted by Gasteiger charge is -2.30. The van der Waals surface area contributed by atoms with Gasteiger partial charge in [0.2, 0.25) is 5.91 Å². The summed E-state index contributed by atoms with van der Waals surface area (Å²) in [5.74, 6) is -0.684. The Balaban J connectivity index is 1.95. The van der Waals surface area contributed by atoms with Crippen LogP contribution in [0.1, 0.15) is 57.1 Å². The number of carbonyl (C=O) groups excluding carboxylic acids is 1. The van der Waals surface area contributed by atoms with E-state index < -0.39 is 5.97 Å². The predicted molar refractivity (Wildman–Crippen MR) is 85.8 cm³/mol. The van der Waals surface area contributed by atoms with Gasteiger partial charge in [0.15, 0.2) is 0 Å². The van der Waals surface area contributed by atoms with Gasteiger partial charge in [-0.15, -0.1) is 0 Å². The summed E-state index contributed by atoms with van der Waals surface area (Å²) in [6.45, 7) is 2.04. The number of carboxylic acids is 1. The Kier molecular flexibility index (Phi) is 5.83. The third-order valence-corrected chi connectivity index (χ3v) is 4.28. The summed E-state index contributed by atoms with van der Waals surface area (Å²) >= 11 is 5.91. The van der Waals surface area contributed by atoms with Gasteiger partial charge in [-0.05, 0) is 50.3 Å². The van der Waals surface area contributed by atoms with Crippen molar-refractivity contribution in [2.24, 2.45) is 0 Å². The maximum absolute atomic E-state index is 12.5. The predicted octanol–water partition coefficient (Wildman–Crippen LogP) is 4.04. The van der Waals surface area contributed by atoms with Crippen molar-refractivity contribution in [1.29, 1.82) is 0 Å². The van der Waals surface area contributed by atoms with Crippen molar-refractivity contribution >= 4 is 23.5 Å². The molecule has 1 N–H and O–H groups in total. The number of carbonyl (C=O) groups is 2. The Morgan fingerprint density at radius 3 is 2.36 bits per heavy atom. The van der Waals surface area contributed by atoms with E-state index >= 15 is 0 Å². The zero-order chi connectivity index (χ0) is 16.1. The first kappa shape index (κ1) is 16.8. The van der Waals surface area contributed by atoms with E-state index in [9.17, 15) is 9.59 Å². The molecular weight excluding hydrogens is 302 g/mol. The zero-order valence-corrected chi connectivity index (χ0v) is 13.6. The molecule has 1 aromatic rings. The Morgan fingerprint density at radius 1 is 1.23 bits per heavy atom. The molecule has 1 aromatic carbocycles. The van der Waals surface area contributed by atoms with Gasteiger partial charge < -0.3 is 10.0 Å². The molecule has 1 fully saturated rings. The van der Waals surface area contributed by atoms with Crippen LogP contribution in [0.15, 0.2) is 24.3 Å². The monoisotopic (exact) mass is 323 g/mol. The fourth-order valence-corrected chi connectivity index (χ4v) is 2.80. The van der Waals surface area contributed by atoms with Gasteiger partial charge in [0, 0.05) is 23.9 Å². The molecule has 1 atom stereocenters. The molecule has 0 bridgehead atoms. The lowest BCUT2D eigenvalue weighted by molar-refractivity contribution is -0.138. The quantitative estimate of drug-likeness (QED) is 0.735. The highest BCUT2D eigenvalue weighted by molar-refractivity contribution is 6.30. The molecule has 0 aromatic heterocycles. The number of aliphatic carboxylic acids is 1. The van der Waals surface area contributed by atoms with Crippen LogP contribution in [-0.2, 0) is 9.59 Å². The molecule has 2 rings (SSSR count). The number of hydrogen-bond donors (Lipinski definition) is 1. The molecule has 5 heteroatoms. The minimum absolute atomic E-state index is 0.0248. The second-order valence-corrected chi connectivity index (χ2v) is 6.30. The molecule has 0 spiro atoms. The van der Waals surface area contributed by atoms with Gasteiger partial charge >= 0.3 is 5.97 Å². The van der Waals surface area contributed by atoms with Crippen LogP contribution in [0.5, 0.6) is 0 Å². The normalized spacial score (nSPS) is 15.4. The molecule has 4 nitrogen and oxygen atoms in total. The SMILES string of the molecule is CC(c1ccc(Cl)cc1)N(C(=O)CCCCC(=O)O)C1CC1. The summed E-state index contributed by atoms with van der Waals surface area (Å²) in [7, 11) is 0. The standard InChI is InChI=1S/C17H22ClNO3/c1-12(13-6-8-14(18)9-7-13)19(15-10-11-15)16(20)4-2-3-5-17(21)22/h6-9,12,15H,2-5,10-11H2,1H3,(H,21,22). The number of rotatable bonds is 8. The molecule has 22 heavy (non-hydrogen) atoms. The summed E-state index contributed by atoms with van der Waals surface area (Å²) in [5, 5.41) is 9.33. The van der Waals surface area contributed by atoms with E-state index in [1.807, 2.05) is 36.1 Å². The van der Waals surface area contributed by atoms with Crippen molar-refractivity contribution in [2.45, 2.75) is 57.5 Å². The van der Waals surface area contributed by atoms with Crippen molar-refractivity contribution < 1.29 is 14.7 Å². The number of hydrogen-bond acceptors (Lipinski definition) is 2. The summed E-state index contributed by atoms with van der Waals surface area (Å²) in [5.41, 5.74) is 1.08. The van der Waals surface area contributed by atoms with E-state index in [-0.39, 0.29) is 18.4 Å². The summed E-state index contributed by atoms with van der Waals surface area (Å²) in [6.07, 6.45) is 3.83. The average Bonchev–Trinajstić information content (AvgIpc) is 3.29. The summed E-state index contributed by atoms with van der Waals surface area (Å²) in [4.78, 5) is 25.0. The Bertz CT molecular complexity index is 525. The Labute approximate surface area is 136 Å². The molecule has 120 valence electrons. The highest BCUT2D eigenvalue weighted by Crippen LogP contribution is 2.35. The maximum Gasteiger partial charge on any atom is 0.303 e. The van der Waals surface area contributed by atoms with Crippen LogP contribution in [0, 0.1) is 0 Å². The topological polar surface area (TPSA) is 57.6 Å². The van der Waals surface area contributed by atoms with Crippen LogP contribution in [0.25, 0.3) is 0 Å². The van der Waals surface area contributed by atoms with Crippen molar-refractivity contribution in [1.82, 2.24) is 4.90 Å². The number of carboxylic acid groups (broad SMARTS) is 1. The third kappa shape index (κ3) is 4.73. The third-order valence-electron chi connectivity index (χ3n) is 4.03. The van der Waals surface area contributed by atoms with E-state index in [0.29, 0.717) is 30.3 Å². The average molecular weight is 324 g/mol. The molecule has 0 radical (unpaired) electrons. The second kappa shape index (κ2) is 7.63. The zero-order valence-electron chi connectivity index (χ0n) is 12.8. The molecule has 0 aliphatic heterocycles. The molecule has 0 heterocycles. The maximum atomic E-state index is 12.5. The van der Waals surface area contributed by atoms with Gasteiger partial charge in [-0.3, -0.25) is 9.59 Å². The Morgan fingerprint density at radius 2 is 1.82 bits per heavy atom. The molecular formula is C17H22ClNO3. The largest absolute Gasteiger partial charge is 0.481 e. The van der Waals surface area contributed by atoms with E-state index in [1.165, 1.54) is 0 Å². The first-order valence-corrected chi connectivity index (χ1v) is 8.15. The summed E-state index contributed by atoms with van der Waals surface area (Å²) < 4.78 is 0. The van der Waals surface area contributed by atoms with E-state index in [2.05, 4.69) is 0 Å². The highest BCUT2D eigenvalue weighted by Gasteiger charge is 2.35. The van der Waals surface area contributed by atoms with Gasteiger partial charge in [-0.2, -0.15) is 0 Å². The highest BCUT2D eigenvalue weighted by atomic mass is 35.5. The fourth-order valence-electron chi connectivity index (χ4n) is 2.67. The Hall–Kier alpha value is -1.55. The lowest BCUT2D eigenvalue weighted by Crippen LogP contribution is -2.35. The van der Waals surface area contributed by atoms with Gasteiger partial charge in [0.05, 0.1) is 6.04 Å². The molecule has 1 saturated carbocycles. The second-order valence-electron chi connectivity index (χ2n) is 5.86. The van der Waals surface area contributed by atoms with Crippen LogP contribution in [0.3, 0.4) is 0 Å². The van der Waals surface area contributed by atoms with E-state index in [0.717, 1.165) is 18.4 Å². The van der Waals surface area contributed by atoms with Crippen molar-refractivity contribution in [2.75, 3.05) is 0 Å². The summed E-state index contributed by atoms with van der Waals surface area (Å²) in [6, 6.07) is 7.96.